The van der Waals surface area contributed by atoms with Crippen LogP contribution in [0.1, 0.15) is 45.4 Å². The van der Waals surface area contributed by atoms with Gasteiger partial charge in [-0.15, -0.1) is 24.0 Å². The zero-order valence-corrected chi connectivity index (χ0v) is 13.7. The summed E-state index contributed by atoms with van der Waals surface area (Å²) in [6.07, 6.45) is 9.84. The van der Waals surface area contributed by atoms with E-state index in [1.807, 2.05) is 0 Å². The Bertz CT molecular complexity index is 304. The van der Waals surface area contributed by atoms with E-state index in [1.54, 1.807) is 5.57 Å². The first kappa shape index (κ1) is 15.8. The highest BCUT2D eigenvalue weighted by molar-refractivity contribution is 14.0. The molecule has 1 heterocycles. The Hall–Kier alpha value is -0.260. The van der Waals surface area contributed by atoms with Crippen molar-refractivity contribution >= 4 is 29.9 Å². The Morgan fingerprint density at radius 3 is 2.78 bits per heavy atom. The summed E-state index contributed by atoms with van der Waals surface area (Å²) in [5.74, 6) is 1.61. The highest BCUT2D eigenvalue weighted by Crippen LogP contribution is 2.20. The summed E-state index contributed by atoms with van der Waals surface area (Å²) in [5.41, 5.74) is 7.61. The molecule has 0 aromatic heterocycles. The third kappa shape index (κ3) is 4.78. The lowest BCUT2D eigenvalue weighted by atomic mass is 10.00. The van der Waals surface area contributed by atoms with Crippen LogP contribution in [0.15, 0.2) is 16.6 Å². The van der Waals surface area contributed by atoms with Crippen LogP contribution < -0.4 is 5.73 Å². The molecule has 1 aliphatic heterocycles. The molecule has 2 N–H and O–H groups in total. The van der Waals surface area contributed by atoms with E-state index in [-0.39, 0.29) is 24.0 Å². The summed E-state index contributed by atoms with van der Waals surface area (Å²) in [5, 5.41) is 0. The number of nitrogens with two attached hydrogens (primary N) is 1. The summed E-state index contributed by atoms with van der Waals surface area (Å²) >= 11 is 0. The van der Waals surface area contributed by atoms with Crippen LogP contribution in [0.5, 0.6) is 0 Å². The molecule has 1 saturated heterocycles. The van der Waals surface area contributed by atoms with Gasteiger partial charge >= 0.3 is 0 Å². The van der Waals surface area contributed by atoms with Gasteiger partial charge in [-0.1, -0.05) is 18.6 Å². The largest absolute Gasteiger partial charge is 0.370 e. The van der Waals surface area contributed by atoms with Crippen molar-refractivity contribution in [3.8, 4) is 0 Å². The molecule has 0 spiro atoms. The molecule has 104 valence electrons. The van der Waals surface area contributed by atoms with Gasteiger partial charge in [0, 0.05) is 19.6 Å². The molecule has 4 heteroatoms. The predicted molar refractivity (Wildman–Crippen MR) is 88.4 cm³/mol. The van der Waals surface area contributed by atoms with Crippen molar-refractivity contribution in [2.45, 2.75) is 45.4 Å². The maximum atomic E-state index is 6.04. The van der Waals surface area contributed by atoms with Crippen molar-refractivity contribution in [3.63, 3.8) is 0 Å². The number of aliphatic imine (C=N–C) groups is 1. The summed E-state index contributed by atoms with van der Waals surface area (Å²) in [6.45, 7) is 5.35. The van der Waals surface area contributed by atoms with Crippen LogP contribution in [0.3, 0.4) is 0 Å². The van der Waals surface area contributed by atoms with Crippen molar-refractivity contribution in [3.05, 3.63) is 11.6 Å². The topological polar surface area (TPSA) is 41.6 Å². The van der Waals surface area contributed by atoms with Gasteiger partial charge in [0.15, 0.2) is 5.96 Å². The highest BCUT2D eigenvalue weighted by atomic mass is 127. The van der Waals surface area contributed by atoms with Crippen molar-refractivity contribution in [2.75, 3.05) is 19.6 Å². The van der Waals surface area contributed by atoms with Gasteiger partial charge in [0.25, 0.3) is 0 Å². The quantitative estimate of drug-likeness (QED) is 0.362. The van der Waals surface area contributed by atoms with Gasteiger partial charge in [0.05, 0.1) is 0 Å². The third-order valence-electron chi connectivity index (χ3n) is 3.95. The molecule has 2 aliphatic rings. The van der Waals surface area contributed by atoms with E-state index in [0.717, 1.165) is 37.9 Å². The lowest BCUT2D eigenvalue weighted by molar-refractivity contribution is 0.277. The molecule has 3 nitrogen and oxygen atoms in total. The van der Waals surface area contributed by atoms with Crippen LogP contribution in [0.25, 0.3) is 0 Å². The Labute approximate surface area is 128 Å². The van der Waals surface area contributed by atoms with Crippen molar-refractivity contribution in [1.29, 1.82) is 0 Å². The number of piperidine rings is 1. The van der Waals surface area contributed by atoms with E-state index in [0.29, 0.717) is 0 Å². The molecule has 0 radical (unpaired) electrons. The SMILES string of the molecule is CC1CCN(C(N)=NCCC2=CCCC2)CC1.I. The first-order valence-electron chi connectivity index (χ1n) is 6.98. The lowest BCUT2D eigenvalue weighted by Gasteiger charge is -2.31. The first-order valence-corrected chi connectivity index (χ1v) is 6.98. The molecule has 18 heavy (non-hydrogen) atoms. The lowest BCUT2D eigenvalue weighted by Crippen LogP contribution is -2.42. The number of allylic oxidation sites excluding steroid dienone is 1. The predicted octanol–water partition coefficient (Wildman–Crippen LogP) is 3.15. The summed E-state index contributed by atoms with van der Waals surface area (Å²) in [4.78, 5) is 6.75. The minimum Gasteiger partial charge on any atom is -0.370 e. The van der Waals surface area contributed by atoms with E-state index in [1.165, 1.54) is 32.1 Å². The molecule has 0 unspecified atom stereocenters. The van der Waals surface area contributed by atoms with E-state index in [9.17, 15) is 0 Å². The standard InChI is InChI=1S/C14H25N3.HI/c1-12-7-10-17(11-8-12)14(15)16-9-6-13-4-2-3-5-13;/h4,12H,2-3,5-11H2,1H3,(H2,15,16);1H. The Kier molecular flexibility index (Phi) is 7.04. The van der Waals surface area contributed by atoms with E-state index >= 15 is 0 Å². The van der Waals surface area contributed by atoms with Crippen LogP contribution >= 0.6 is 24.0 Å². The average molecular weight is 363 g/mol. The van der Waals surface area contributed by atoms with Gasteiger partial charge in [0.1, 0.15) is 0 Å². The molecule has 1 fully saturated rings. The van der Waals surface area contributed by atoms with Crippen LogP contribution in [0.4, 0.5) is 0 Å². The van der Waals surface area contributed by atoms with Gasteiger partial charge in [-0.05, 0) is 44.4 Å². The van der Waals surface area contributed by atoms with Crippen LogP contribution in [0.2, 0.25) is 0 Å². The summed E-state index contributed by atoms with van der Waals surface area (Å²) in [7, 11) is 0. The normalized spacial score (nSPS) is 21.7. The van der Waals surface area contributed by atoms with Crippen LogP contribution in [-0.2, 0) is 0 Å². The zero-order valence-electron chi connectivity index (χ0n) is 11.4. The number of hydrogen-bond acceptors (Lipinski definition) is 1. The molecule has 1 aliphatic carbocycles. The maximum absolute atomic E-state index is 6.04. The first-order chi connectivity index (χ1) is 8.25. The van der Waals surface area contributed by atoms with Crippen molar-refractivity contribution in [2.24, 2.45) is 16.6 Å². The maximum Gasteiger partial charge on any atom is 0.191 e. The molecule has 0 amide bonds. The van der Waals surface area contributed by atoms with E-state index in [4.69, 9.17) is 5.73 Å². The molecule has 0 saturated carbocycles. The number of rotatable bonds is 3. The number of halogens is 1. The average Bonchev–Trinajstić information content (AvgIpc) is 2.83. The summed E-state index contributed by atoms with van der Waals surface area (Å²) < 4.78 is 0. The molecular weight excluding hydrogens is 337 g/mol. The minimum atomic E-state index is 0. The second kappa shape index (κ2) is 8.02. The number of hydrogen-bond donors (Lipinski definition) is 1. The van der Waals surface area contributed by atoms with Gasteiger partial charge in [-0.25, -0.2) is 0 Å². The number of guanidine groups is 1. The van der Waals surface area contributed by atoms with Crippen molar-refractivity contribution < 1.29 is 0 Å². The second-order valence-corrected chi connectivity index (χ2v) is 5.41. The van der Waals surface area contributed by atoms with Crippen LogP contribution in [-0.4, -0.2) is 30.5 Å². The third-order valence-corrected chi connectivity index (χ3v) is 3.95. The van der Waals surface area contributed by atoms with E-state index in [2.05, 4.69) is 22.9 Å². The van der Waals surface area contributed by atoms with Gasteiger partial charge in [-0.2, -0.15) is 0 Å². The molecule has 0 atom stereocenters. The Morgan fingerprint density at radius 1 is 1.44 bits per heavy atom. The fourth-order valence-electron chi connectivity index (χ4n) is 2.62. The molecule has 0 aromatic carbocycles. The van der Waals surface area contributed by atoms with Crippen molar-refractivity contribution in [1.82, 2.24) is 4.90 Å². The Morgan fingerprint density at radius 2 is 2.17 bits per heavy atom. The fraction of sp³-hybridized carbons (Fsp3) is 0.786. The zero-order chi connectivity index (χ0) is 12.1. The smallest absolute Gasteiger partial charge is 0.191 e. The van der Waals surface area contributed by atoms with Gasteiger partial charge in [0.2, 0.25) is 0 Å². The molecule has 2 rings (SSSR count). The second-order valence-electron chi connectivity index (χ2n) is 5.41. The fourth-order valence-corrected chi connectivity index (χ4v) is 2.62. The number of nitrogens with zero attached hydrogens (tertiary/aromatic N) is 2. The summed E-state index contributed by atoms with van der Waals surface area (Å²) in [6, 6.07) is 0. The number of likely N-dealkylation sites (tertiary alicyclic amines) is 1. The molecule has 0 aromatic rings. The van der Waals surface area contributed by atoms with Gasteiger partial charge < -0.3 is 10.6 Å². The monoisotopic (exact) mass is 363 g/mol. The Balaban J connectivity index is 0.00000162. The van der Waals surface area contributed by atoms with E-state index < -0.39 is 0 Å². The minimum absolute atomic E-state index is 0. The highest BCUT2D eigenvalue weighted by Gasteiger charge is 2.16. The molecular formula is C14H26IN3. The van der Waals surface area contributed by atoms with Gasteiger partial charge in [-0.3, -0.25) is 4.99 Å². The molecule has 0 bridgehead atoms. The van der Waals surface area contributed by atoms with Crippen LogP contribution in [0, 0.1) is 5.92 Å².